The fourth-order valence-electron chi connectivity index (χ4n) is 3.50. The molecule has 3 aromatic carbocycles. The molecular weight excluding hydrogens is 450 g/mol. The maximum atomic E-state index is 13.1. The first-order chi connectivity index (χ1) is 15.5. The number of benzene rings is 3. The van der Waals surface area contributed by atoms with Crippen LogP contribution in [0.4, 0.5) is 5.69 Å². The molecule has 1 aliphatic rings. The Balaban J connectivity index is 1.76. The summed E-state index contributed by atoms with van der Waals surface area (Å²) in [5.74, 6) is -3.91. The van der Waals surface area contributed by atoms with Crippen molar-refractivity contribution < 1.29 is 37.8 Å². The van der Waals surface area contributed by atoms with Gasteiger partial charge in [-0.3, -0.25) is 9.59 Å². The molecule has 10 heteroatoms. The number of amides is 2. The quantitative estimate of drug-likeness (QED) is 0.547. The summed E-state index contributed by atoms with van der Waals surface area (Å²) in [7, 11) is -4.10. The Kier molecular flexibility index (Phi) is 5.10. The predicted octanol–water partition coefficient (Wildman–Crippen LogP) is 3.02. The summed E-state index contributed by atoms with van der Waals surface area (Å²) in [5.41, 5.74) is 0.234. The van der Waals surface area contributed by atoms with Gasteiger partial charge in [0.2, 0.25) is 9.84 Å². The number of carboxylic acid groups (broad SMARTS) is 2. The average Bonchev–Trinajstić information content (AvgIpc) is 3.03. The molecule has 166 valence electrons. The highest BCUT2D eigenvalue weighted by atomic mass is 32.2. The molecule has 0 aliphatic carbocycles. The van der Waals surface area contributed by atoms with E-state index < -0.39 is 33.6 Å². The van der Waals surface area contributed by atoms with E-state index in [0.29, 0.717) is 5.56 Å². The van der Waals surface area contributed by atoms with Crippen molar-refractivity contribution >= 4 is 39.3 Å². The highest BCUT2D eigenvalue weighted by molar-refractivity contribution is 7.91. The lowest BCUT2D eigenvalue weighted by molar-refractivity contribution is 0.0686. The van der Waals surface area contributed by atoms with Crippen molar-refractivity contribution in [2.45, 2.75) is 16.7 Å². The zero-order valence-corrected chi connectivity index (χ0v) is 17.8. The molecule has 1 heterocycles. The summed E-state index contributed by atoms with van der Waals surface area (Å²) in [6.07, 6.45) is 0. The van der Waals surface area contributed by atoms with Gasteiger partial charge in [-0.05, 0) is 67.1 Å². The largest absolute Gasteiger partial charge is 0.478 e. The molecule has 0 fully saturated rings. The molecule has 0 aromatic heterocycles. The molecule has 1 aliphatic heterocycles. The number of carboxylic acids is 2. The lowest BCUT2D eigenvalue weighted by atomic mass is 10.1. The highest BCUT2D eigenvalue weighted by Crippen LogP contribution is 2.33. The topological polar surface area (TPSA) is 146 Å². The number of aromatic carboxylic acids is 2. The number of anilines is 1. The number of carbonyl (C=O) groups excluding carboxylic acids is 2. The number of fused-ring (bicyclic) bond motifs is 1. The maximum Gasteiger partial charge on any atom is 0.335 e. The van der Waals surface area contributed by atoms with Crippen LogP contribution in [0.2, 0.25) is 0 Å². The third-order valence-corrected chi connectivity index (χ3v) is 7.04. The number of rotatable bonds is 5. The average molecular weight is 465 g/mol. The van der Waals surface area contributed by atoms with Gasteiger partial charge < -0.3 is 10.2 Å². The van der Waals surface area contributed by atoms with E-state index in [-0.39, 0.29) is 37.7 Å². The third-order valence-electron chi connectivity index (χ3n) is 5.28. The van der Waals surface area contributed by atoms with Crippen LogP contribution in [-0.2, 0) is 9.84 Å². The Morgan fingerprint density at radius 1 is 0.727 bits per heavy atom. The van der Waals surface area contributed by atoms with Crippen molar-refractivity contribution in [3.05, 3.63) is 88.5 Å². The van der Waals surface area contributed by atoms with Gasteiger partial charge in [0.1, 0.15) is 0 Å². The number of hydrogen-bond acceptors (Lipinski definition) is 6. The standard InChI is InChI=1S/C23H15NO8S/c1-12-2-3-14(23(29)30)10-19(12)24-20(25)17-9-8-16(11-18(17)21(24)26)33(31,32)15-6-4-13(5-7-15)22(27)28/h2-11H,1H3,(H,27,28)(H,29,30). The predicted molar refractivity (Wildman–Crippen MR) is 115 cm³/mol. The molecule has 0 saturated carbocycles. The molecule has 0 spiro atoms. The molecule has 2 amide bonds. The van der Waals surface area contributed by atoms with Crippen molar-refractivity contribution in [3.63, 3.8) is 0 Å². The smallest absolute Gasteiger partial charge is 0.335 e. The number of imide groups is 1. The minimum Gasteiger partial charge on any atom is -0.478 e. The fourth-order valence-corrected chi connectivity index (χ4v) is 4.79. The molecule has 0 bridgehead atoms. The van der Waals surface area contributed by atoms with E-state index in [9.17, 15) is 32.7 Å². The molecule has 2 N–H and O–H groups in total. The van der Waals surface area contributed by atoms with E-state index in [2.05, 4.69) is 0 Å². The molecule has 0 atom stereocenters. The van der Waals surface area contributed by atoms with Crippen molar-refractivity contribution in [1.29, 1.82) is 0 Å². The lowest BCUT2D eigenvalue weighted by Gasteiger charge is -2.17. The van der Waals surface area contributed by atoms with Gasteiger partial charge in [0.15, 0.2) is 0 Å². The van der Waals surface area contributed by atoms with E-state index in [1.54, 1.807) is 6.92 Å². The number of aryl methyl sites for hydroxylation is 1. The summed E-state index contributed by atoms with van der Waals surface area (Å²) in [6, 6.07) is 12.1. The molecular formula is C23H15NO8S. The molecule has 4 rings (SSSR count). The normalized spacial score (nSPS) is 13.2. The van der Waals surface area contributed by atoms with Gasteiger partial charge >= 0.3 is 11.9 Å². The Hall–Kier alpha value is -4.31. The van der Waals surface area contributed by atoms with Gasteiger partial charge in [-0.15, -0.1) is 0 Å². The molecule has 0 unspecified atom stereocenters. The Bertz CT molecular complexity index is 1470. The molecule has 3 aromatic rings. The summed E-state index contributed by atoms with van der Waals surface area (Å²) < 4.78 is 26.0. The van der Waals surface area contributed by atoms with Gasteiger partial charge in [-0.1, -0.05) is 6.07 Å². The monoisotopic (exact) mass is 465 g/mol. The van der Waals surface area contributed by atoms with E-state index in [0.717, 1.165) is 35.2 Å². The van der Waals surface area contributed by atoms with Gasteiger partial charge in [-0.25, -0.2) is 22.9 Å². The summed E-state index contributed by atoms with van der Waals surface area (Å²) in [6.45, 7) is 1.61. The van der Waals surface area contributed by atoms with E-state index >= 15 is 0 Å². The summed E-state index contributed by atoms with van der Waals surface area (Å²) in [4.78, 5) is 48.7. The number of sulfone groups is 1. The van der Waals surface area contributed by atoms with Crippen LogP contribution in [0.1, 0.15) is 47.0 Å². The first kappa shape index (κ1) is 21.9. The van der Waals surface area contributed by atoms with Crippen LogP contribution in [0.5, 0.6) is 0 Å². The maximum absolute atomic E-state index is 13.1. The molecule has 9 nitrogen and oxygen atoms in total. The van der Waals surface area contributed by atoms with Crippen LogP contribution in [0.25, 0.3) is 0 Å². The Morgan fingerprint density at radius 3 is 1.88 bits per heavy atom. The van der Waals surface area contributed by atoms with Crippen LogP contribution < -0.4 is 4.90 Å². The Labute approximate surface area is 187 Å². The molecule has 33 heavy (non-hydrogen) atoms. The molecule has 0 saturated heterocycles. The number of nitrogens with zero attached hydrogens (tertiary/aromatic N) is 1. The van der Waals surface area contributed by atoms with Crippen molar-refractivity contribution in [2.75, 3.05) is 4.90 Å². The van der Waals surface area contributed by atoms with Crippen molar-refractivity contribution in [2.24, 2.45) is 0 Å². The van der Waals surface area contributed by atoms with Crippen molar-refractivity contribution in [1.82, 2.24) is 0 Å². The van der Waals surface area contributed by atoms with E-state index in [1.807, 2.05) is 0 Å². The second-order valence-corrected chi connectivity index (χ2v) is 9.24. The summed E-state index contributed by atoms with van der Waals surface area (Å²) in [5, 5.41) is 18.2. The highest BCUT2D eigenvalue weighted by Gasteiger charge is 2.38. The SMILES string of the molecule is Cc1ccc(C(=O)O)cc1N1C(=O)c2ccc(S(=O)(=O)c3ccc(C(=O)O)cc3)cc2C1=O. The second-order valence-electron chi connectivity index (χ2n) is 7.29. The minimum atomic E-state index is -4.10. The van der Waals surface area contributed by atoms with Crippen molar-refractivity contribution in [3.8, 4) is 0 Å². The summed E-state index contributed by atoms with van der Waals surface area (Å²) >= 11 is 0. The van der Waals surface area contributed by atoms with Crippen LogP contribution in [-0.4, -0.2) is 42.4 Å². The minimum absolute atomic E-state index is 0.0136. The number of carbonyl (C=O) groups is 4. The first-order valence-electron chi connectivity index (χ1n) is 9.47. The van der Waals surface area contributed by atoms with Crippen LogP contribution in [0.15, 0.2) is 70.5 Å². The number of hydrogen-bond donors (Lipinski definition) is 2. The van der Waals surface area contributed by atoms with Crippen LogP contribution in [0, 0.1) is 6.92 Å². The van der Waals surface area contributed by atoms with Gasteiger partial charge in [-0.2, -0.15) is 0 Å². The Morgan fingerprint density at radius 2 is 1.27 bits per heavy atom. The van der Waals surface area contributed by atoms with Gasteiger partial charge in [0, 0.05) is 0 Å². The fraction of sp³-hybridized carbons (Fsp3) is 0.0435. The van der Waals surface area contributed by atoms with Crippen LogP contribution in [0.3, 0.4) is 0 Å². The zero-order valence-electron chi connectivity index (χ0n) is 17.0. The molecule has 0 radical (unpaired) electrons. The zero-order chi connectivity index (χ0) is 24.1. The second kappa shape index (κ2) is 7.68. The van der Waals surface area contributed by atoms with Crippen LogP contribution >= 0.6 is 0 Å². The van der Waals surface area contributed by atoms with Gasteiger partial charge in [0.05, 0.1) is 37.7 Å². The van der Waals surface area contributed by atoms with E-state index in [1.165, 1.54) is 30.3 Å². The third kappa shape index (κ3) is 3.56. The van der Waals surface area contributed by atoms with E-state index in [4.69, 9.17) is 5.11 Å². The first-order valence-corrected chi connectivity index (χ1v) is 11.0. The lowest BCUT2D eigenvalue weighted by Crippen LogP contribution is -2.30. The van der Waals surface area contributed by atoms with Gasteiger partial charge in [0.25, 0.3) is 11.8 Å².